The summed E-state index contributed by atoms with van der Waals surface area (Å²) >= 11 is 0. The smallest absolute Gasteiger partial charge is 0.147 e. The lowest BCUT2D eigenvalue weighted by Crippen LogP contribution is -2.52. The van der Waals surface area contributed by atoms with E-state index in [1.807, 2.05) is 0 Å². The Balaban J connectivity index is 1.57. The molecule has 0 radical (unpaired) electrons. The third-order valence-electron chi connectivity index (χ3n) is 9.10. The third-order valence-corrected chi connectivity index (χ3v) is 9.10. The maximum absolute atomic E-state index is 10.3. The molecule has 33 heavy (non-hydrogen) atoms. The molecule has 190 valence electrons. The monoisotopic (exact) mass is 464 g/mol. The highest BCUT2D eigenvalue weighted by atomic mass is 16.7. The second-order valence-electron chi connectivity index (χ2n) is 12.0. The lowest BCUT2D eigenvalue weighted by Gasteiger charge is -2.42. The van der Waals surface area contributed by atoms with Crippen molar-refractivity contribution in [2.45, 2.75) is 122 Å². The molecule has 3 saturated carbocycles. The minimum Gasteiger partial charge on any atom is -0.390 e. The molecule has 3 rings (SSSR count). The molecule has 5 atom stereocenters. The molecule has 0 aromatic heterocycles. The second kappa shape index (κ2) is 10.9. The number of allylic oxidation sites excluding steroid dienone is 3. The van der Waals surface area contributed by atoms with Crippen molar-refractivity contribution in [3.63, 3.8) is 0 Å². The van der Waals surface area contributed by atoms with E-state index in [1.165, 1.54) is 51.9 Å². The van der Waals surface area contributed by atoms with Crippen molar-refractivity contribution in [3.8, 4) is 0 Å². The maximum atomic E-state index is 10.3. The molecule has 3 N–H and O–H groups in total. The van der Waals surface area contributed by atoms with Gasteiger partial charge in [-0.15, -0.1) is 0 Å². The van der Waals surface area contributed by atoms with Gasteiger partial charge in [0, 0.05) is 7.11 Å². The van der Waals surface area contributed by atoms with Gasteiger partial charge < -0.3 is 24.8 Å². The van der Waals surface area contributed by atoms with Gasteiger partial charge in [-0.05, 0) is 95.8 Å². The van der Waals surface area contributed by atoms with Crippen LogP contribution in [0.3, 0.4) is 0 Å². The van der Waals surface area contributed by atoms with Crippen LogP contribution in [-0.2, 0) is 9.47 Å². The van der Waals surface area contributed by atoms with Crippen LogP contribution in [0.5, 0.6) is 0 Å². The Kier molecular flexibility index (Phi) is 8.88. The molecule has 0 bridgehead atoms. The van der Waals surface area contributed by atoms with E-state index in [9.17, 15) is 15.3 Å². The molecule has 5 nitrogen and oxygen atoms in total. The van der Waals surface area contributed by atoms with Gasteiger partial charge in [-0.2, -0.15) is 0 Å². The highest BCUT2D eigenvalue weighted by molar-refractivity contribution is 5.27. The number of hydrogen-bond donors (Lipinski definition) is 3. The van der Waals surface area contributed by atoms with E-state index in [4.69, 9.17) is 9.47 Å². The van der Waals surface area contributed by atoms with Crippen molar-refractivity contribution in [1.82, 2.24) is 0 Å². The van der Waals surface area contributed by atoms with Crippen molar-refractivity contribution in [1.29, 1.82) is 0 Å². The van der Waals surface area contributed by atoms with E-state index in [2.05, 4.69) is 32.9 Å². The fourth-order valence-corrected chi connectivity index (χ4v) is 6.63. The summed E-state index contributed by atoms with van der Waals surface area (Å²) in [7, 11) is 1.67. The van der Waals surface area contributed by atoms with Crippen LogP contribution in [0.1, 0.15) is 98.3 Å². The fourth-order valence-electron chi connectivity index (χ4n) is 6.63. The first-order chi connectivity index (χ1) is 15.5. The van der Waals surface area contributed by atoms with Crippen LogP contribution in [-0.4, -0.2) is 52.6 Å². The molecule has 0 saturated heterocycles. The number of hydrogen-bond acceptors (Lipinski definition) is 5. The molecular weight excluding hydrogens is 416 g/mol. The summed E-state index contributed by atoms with van der Waals surface area (Å²) in [5.41, 5.74) is 1.43. The molecule has 3 aliphatic carbocycles. The van der Waals surface area contributed by atoms with Crippen molar-refractivity contribution >= 4 is 0 Å². The van der Waals surface area contributed by atoms with Gasteiger partial charge >= 0.3 is 0 Å². The number of unbranched alkanes of at least 4 members (excludes halogenated alkanes) is 1. The summed E-state index contributed by atoms with van der Waals surface area (Å²) in [5.74, 6) is 1.44. The van der Waals surface area contributed by atoms with Gasteiger partial charge in [0.15, 0.2) is 0 Å². The van der Waals surface area contributed by atoms with Crippen LogP contribution >= 0.6 is 0 Å². The minimum absolute atomic E-state index is 0.125. The fraction of sp³-hybridized carbons (Fsp3) is 0.857. The summed E-state index contributed by atoms with van der Waals surface area (Å²) in [6.45, 7) is 8.70. The minimum atomic E-state index is -1.42. The molecule has 3 fully saturated rings. The quantitative estimate of drug-likeness (QED) is 0.319. The van der Waals surface area contributed by atoms with Crippen molar-refractivity contribution in [3.05, 3.63) is 23.3 Å². The number of rotatable bonds is 9. The topological polar surface area (TPSA) is 79.2 Å². The van der Waals surface area contributed by atoms with Gasteiger partial charge in [-0.25, -0.2) is 0 Å². The van der Waals surface area contributed by atoms with E-state index in [0.717, 1.165) is 24.3 Å². The first-order valence-electron chi connectivity index (χ1n) is 13.1. The Morgan fingerprint density at radius 3 is 2.42 bits per heavy atom. The molecule has 0 aromatic rings. The lowest BCUT2D eigenvalue weighted by atomic mass is 9.62. The van der Waals surface area contributed by atoms with E-state index in [1.54, 1.807) is 12.7 Å². The van der Waals surface area contributed by atoms with Gasteiger partial charge in [0.25, 0.3) is 0 Å². The number of fused-ring (bicyclic) bond motifs is 1. The largest absolute Gasteiger partial charge is 0.390 e. The van der Waals surface area contributed by atoms with Crippen molar-refractivity contribution < 1.29 is 24.8 Å². The van der Waals surface area contributed by atoms with Crippen LogP contribution in [0.25, 0.3) is 0 Å². The van der Waals surface area contributed by atoms with Crippen LogP contribution < -0.4 is 0 Å². The van der Waals surface area contributed by atoms with Crippen LogP contribution in [0.15, 0.2) is 23.3 Å². The molecule has 0 aromatic carbocycles. The summed E-state index contributed by atoms with van der Waals surface area (Å²) in [6.07, 6.45) is 14.6. The van der Waals surface area contributed by atoms with E-state index in [-0.39, 0.29) is 5.60 Å². The first kappa shape index (κ1) is 26.9. The third kappa shape index (κ3) is 6.29. The Morgan fingerprint density at radius 1 is 1.06 bits per heavy atom. The van der Waals surface area contributed by atoms with Crippen LogP contribution in [0, 0.1) is 17.3 Å². The number of ether oxygens (including phenoxy) is 2. The summed E-state index contributed by atoms with van der Waals surface area (Å²) in [5, 5.41) is 30.7. The lowest BCUT2D eigenvalue weighted by molar-refractivity contribution is -0.144. The number of aliphatic hydroxyl groups is 3. The zero-order valence-electron chi connectivity index (χ0n) is 21.6. The normalized spacial score (nSPS) is 38.5. The molecule has 0 amide bonds. The predicted octanol–water partition coefficient (Wildman–Crippen LogP) is 5.28. The van der Waals surface area contributed by atoms with Crippen molar-refractivity contribution in [2.75, 3.05) is 13.9 Å². The SMILES string of the molecule is COCOC(C)(C)CCCCC1CCC2/C(=C/C=C3C[C@@H](O)C(C)(O)[C@H](O)C3)CCCC12C. The Hall–Kier alpha value is -0.720. The average Bonchev–Trinajstić information content (AvgIpc) is 3.09. The molecule has 0 spiro atoms. The van der Waals surface area contributed by atoms with Gasteiger partial charge in [-0.1, -0.05) is 43.1 Å². The second-order valence-corrected chi connectivity index (χ2v) is 12.0. The van der Waals surface area contributed by atoms with Gasteiger partial charge in [-0.3, -0.25) is 0 Å². The predicted molar refractivity (Wildman–Crippen MR) is 132 cm³/mol. The molecule has 5 heteroatoms. The molecule has 0 aliphatic heterocycles. The van der Waals surface area contributed by atoms with E-state index in [0.29, 0.717) is 31.0 Å². The maximum Gasteiger partial charge on any atom is 0.147 e. The number of methoxy groups -OCH3 is 1. The highest BCUT2D eigenvalue weighted by Crippen LogP contribution is 2.58. The van der Waals surface area contributed by atoms with Crippen LogP contribution in [0.4, 0.5) is 0 Å². The van der Waals surface area contributed by atoms with E-state index < -0.39 is 17.8 Å². The molecule has 3 aliphatic rings. The number of aliphatic hydroxyl groups excluding tert-OH is 2. The zero-order valence-corrected chi connectivity index (χ0v) is 21.6. The average molecular weight is 465 g/mol. The summed E-state index contributed by atoms with van der Waals surface area (Å²) < 4.78 is 10.8. The zero-order chi connectivity index (χ0) is 24.3. The summed E-state index contributed by atoms with van der Waals surface area (Å²) in [4.78, 5) is 0. The van der Waals surface area contributed by atoms with Gasteiger partial charge in [0.05, 0.1) is 17.8 Å². The first-order valence-corrected chi connectivity index (χ1v) is 13.1. The summed E-state index contributed by atoms with van der Waals surface area (Å²) in [6, 6.07) is 0. The van der Waals surface area contributed by atoms with Crippen molar-refractivity contribution in [2.24, 2.45) is 17.3 Å². The Labute approximate surface area is 201 Å². The highest BCUT2D eigenvalue weighted by Gasteiger charge is 2.48. The van der Waals surface area contributed by atoms with Gasteiger partial charge in [0.1, 0.15) is 12.4 Å². The van der Waals surface area contributed by atoms with Gasteiger partial charge in [0.2, 0.25) is 0 Å². The molecule has 3 unspecified atom stereocenters. The van der Waals surface area contributed by atoms with Crippen LogP contribution in [0.2, 0.25) is 0 Å². The molecule has 0 heterocycles. The Morgan fingerprint density at radius 2 is 1.76 bits per heavy atom. The Bertz CT molecular complexity index is 693. The molecular formula is C28H48O5. The standard InChI is InChI=1S/C28H48O5/c1-26(2,33-19-32-5)15-7-6-10-22-13-14-23-21(9-8-16-27(22,23)3)12-11-20-17-24(29)28(4,31)25(30)18-20/h11-12,22-25,29-31H,6-10,13-19H2,1-5H3/b20-11?,21-12+/t22?,23?,24-,25-,27?,28?/m1/s1. The van der Waals surface area contributed by atoms with E-state index >= 15 is 0 Å².